The van der Waals surface area contributed by atoms with E-state index in [0.717, 1.165) is 0 Å². The molecule has 0 aliphatic carbocycles. The number of rotatable bonds is 42. The summed E-state index contributed by atoms with van der Waals surface area (Å²) in [5, 5.41) is 38.2. The number of aliphatic carboxylic acids is 1. The Hall–Kier alpha value is -6.52. The summed E-state index contributed by atoms with van der Waals surface area (Å²) in [5.41, 5.74) is 22.7. The summed E-state index contributed by atoms with van der Waals surface area (Å²) in [4.78, 5) is 160. The van der Waals surface area contributed by atoms with E-state index in [-0.39, 0.29) is 50.5 Å². The molecule has 12 unspecified atom stereocenters. The van der Waals surface area contributed by atoms with E-state index in [1.165, 1.54) is 27.7 Å². The Balaban J connectivity index is 6.28. The van der Waals surface area contributed by atoms with Crippen LogP contribution >= 0.6 is 0 Å². The van der Waals surface area contributed by atoms with Crippen molar-refractivity contribution in [1.82, 2.24) is 58.5 Å². The lowest BCUT2D eigenvalue weighted by Crippen LogP contribution is -2.61. The number of unbranched alkanes of at least 4 members (excludes halogenated alkanes) is 3. The Morgan fingerprint density at radius 2 is 0.723 bits per heavy atom. The molecule has 0 aliphatic heterocycles. The van der Waals surface area contributed by atoms with Crippen LogP contribution in [0.4, 0.5) is 0 Å². The van der Waals surface area contributed by atoms with E-state index in [4.69, 9.17) is 22.9 Å². The van der Waals surface area contributed by atoms with Crippen LogP contribution in [0.1, 0.15) is 160 Å². The smallest absolute Gasteiger partial charge is 0.326 e. The van der Waals surface area contributed by atoms with Gasteiger partial charge in [0.15, 0.2) is 0 Å². The second-order valence-electron chi connectivity index (χ2n) is 22.6. The summed E-state index contributed by atoms with van der Waals surface area (Å²) in [6.07, 6.45) is 3.79. The number of carboxylic acids is 1. The number of hydrogen-bond acceptors (Lipinski definition) is 16. The van der Waals surface area contributed by atoms with Gasteiger partial charge in [0.2, 0.25) is 65.0 Å². The lowest BCUT2D eigenvalue weighted by atomic mass is 9.97. The first-order chi connectivity index (χ1) is 38.8. The molecule has 0 saturated heterocycles. The van der Waals surface area contributed by atoms with Gasteiger partial charge in [0.25, 0.3) is 0 Å². The second-order valence-corrected chi connectivity index (χ2v) is 22.6. The molecule has 0 aromatic rings. The fourth-order valence-electron chi connectivity index (χ4n) is 8.28. The standard InChI is InChI=1S/C55H103N15O13/c1-13-32(8)44(70-50(77)37(20-14-17-23-56)64-42(71)28-60-45(72)33(9)59)54(81)63-35(11)46(73)65-39(22-16-19-25-58)51(78)69-43(31(6)7)53(80)62-36(12)47(74)67-40(26-29(2)3)52(79)66-38(21-15-18-24-57)49(76)61-34(10)48(75)68-41(55(82)83)27-30(4)5/h29-41,43-44H,13-28,56-59H2,1-12H3,(H,60,72)(H,61,76)(H,62,80)(H,63,81)(H,64,71)(H,65,73)(H,66,79)(H,67,74)(H,68,75)(H,69,78)(H,70,77)(H,82,83). The van der Waals surface area contributed by atoms with Gasteiger partial charge < -0.3 is 86.5 Å². The summed E-state index contributed by atoms with van der Waals surface area (Å²) < 4.78 is 0. The summed E-state index contributed by atoms with van der Waals surface area (Å²) in [6.45, 7) is 20.1. The third kappa shape index (κ3) is 30.6. The molecular formula is C55H103N15O13. The van der Waals surface area contributed by atoms with Crippen molar-refractivity contribution < 1.29 is 62.6 Å². The SMILES string of the molecule is CCC(C)C(NC(=O)C(CCCCN)NC(=O)CNC(=O)C(C)N)C(=O)NC(C)C(=O)NC(CCCCN)C(=O)NC(C(=O)NC(C)C(=O)NC(CC(C)C)C(=O)NC(CCCCN)C(=O)NC(C)C(=O)NC(CC(C)C)C(=O)O)C(C)C. The molecule has 0 aromatic carbocycles. The number of nitrogens with one attached hydrogen (secondary N) is 11. The van der Waals surface area contributed by atoms with E-state index in [9.17, 15) is 62.6 Å². The highest BCUT2D eigenvalue weighted by Gasteiger charge is 2.36. The summed E-state index contributed by atoms with van der Waals surface area (Å²) in [6, 6.07) is -12.9. The highest BCUT2D eigenvalue weighted by atomic mass is 16.4. The van der Waals surface area contributed by atoms with Crippen molar-refractivity contribution in [2.45, 2.75) is 227 Å². The van der Waals surface area contributed by atoms with Crippen molar-refractivity contribution in [3.63, 3.8) is 0 Å². The third-order valence-electron chi connectivity index (χ3n) is 13.6. The van der Waals surface area contributed by atoms with Crippen LogP contribution in [0.15, 0.2) is 0 Å². The Bertz CT molecular complexity index is 2110. The van der Waals surface area contributed by atoms with Crippen molar-refractivity contribution in [2.24, 2.45) is 46.6 Å². The van der Waals surface area contributed by atoms with E-state index in [1.807, 2.05) is 13.8 Å². The van der Waals surface area contributed by atoms with Crippen molar-refractivity contribution in [3.8, 4) is 0 Å². The lowest BCUT2D eigenvalue weighted by Gasteiger charge is -2.29. The topological polar surface area (TPSA) is 461 Å². The molecule has 0 aromatic heterocycles. The van der Waals surface area contributed by atoms with Crippen LogP contribution in [-0.4, -0.2) is 169 Å². The van der Waals surface area contributed by atoms with Gasteiger partial charge in [-0.1, -0.05) is 61.8 Å². The summed E-state index contributed by atoms with van der Waals surface area (Å²) in [5.74, 6) is -10.4. The summed E-state index contributed by atoms with van der Waals surface area (Å²) >= 11 is 0. The summed E-state index contributed by atoms with van der Waals surface area (Å²) in [7, 11) is 0. The van der Waals surface area contributed by atoms with Gasteiger partial charge in [-0.15, -0.1) is 0 Å². The van der Waals surface area contributed by atoms with E-state index < -0.39 is 156 Å². The Morgan fingerprint density at radius 3 is 1.11 bits per heavy atom. The third-order valence-corrected chi connectivity index (χ3v) is 13.6. The predicted molar refractivity (Wildman–Crippen MR) is 313 cm³/mol. The number of carboxylic acid groups (broad SMARTS) is 1. The fourth-order valence-corrected chi connectivity index (χ4v) is 8.28. The first kappa shape index (κ1) is 76.5. The lowest BCUT2D eigenvalue weighted by molar-refractivity contribution is -0.142. The molecule has 12 atom stereocenters. The maximum absolute atomic E-state index is 14.1. The first-order valence-corrected chi connectivity index (χ1v) is 29.2. The maximum Gasteiger partial charge on any atom is 0.326 e. The van der Waals surface area contributed by atoms with Crippen LogP contribution in [0.3, 0.4) is 0 Å². The zero-order valence-corrected chi connectivity index (χ0v) is 51.1. The number of amides is 11. The molecule has 28 nitrogen and oxygen atoms in total. The molecule has 0 bridgehead atoms. The van der Waals surface area contributed by atoms with Gasteiger partial charge in [0.05, 0.1) is 12.6 Å². The molecule has 0 radical (unpaired) electrons. The Labute approximate surface area is 490 Å². The van der Waals surface area contributed by atoms with Crippen LogP contribution in [0.25, 0.3) is 0 Å². The van der Waals surface area contributed by atoms with Crippen molar-refractivity contribution in [2.75, 3.05) is 26.2 Å². The molecule has 0 rings (SSSR count). The van der Waals surface area contributed by atoms with Gasteiger partial charge in [-0.2, -0.15) is 0 Å². The monoisotopic (exact) mass is 1180 g/mol. The van der Waals surface area contributed by atoms with Crippen LogP contribution in [0, 0.1) is 23.7 Å². The van der Waals surface area contributed by atoms with Gasteiger partial charge in [-0.25, -0.2) is 4.79 Å². The average molecular weight is 1180 g/mol. The molecule has 11 amide bonds. The van der Waals surface area contributed by atoms with E-state index in [0.29, 0.717) is 58.0 Å². The molecule has 0 spiro atoms. The predicted octanol–water partition coefficient (Wildman–Crippen LogP) is -2.38. The first-order valence-electron chi connectivity index (χ1n) is 29.2. The van der Waals surface area contributed by atoms with Gasteiger partial charge in [0, 0.05) is 0 Å². The van der Waals surface area contributed by atoms with Crippen molar-refractivity contribution in [3.05, 3.63) is 0 Å². The van der Waals surface area contributed by atoms with Gasteiger partial charge in [0.1, 0.15) is 60.4 Å². The minimum Gasteiger partial charge on any atom is -0.480 e. The molecule has 0 aliphatic rings. The van der Waals surface area contributed by atoms with Crippen LogP contribution < -0.4 is 81.4 Å². The zero-order chi connectivity index (χ0) is 63.7. The second kappa shape index (κ2) is 40.7. The maximum atomic E-state index is 14.1. The highest BCUT2D eigenvalue weighted by molar-refractivity contribution is 5.99. The molecule has 476 valence electrons. The molecule has 0 fully saturated rings. The number of carbonyl (C=O) groups excluding carboxylic acids is 11. The largest absolute Gasteiger partial charge is 0.480 e. The minimum atomic E-state index is -1.27. The molecule has 0 heterocycles. The average Bonchev–Trinajstić information content (AvgIpc) is 3.47. The van der Waals surface area contributed by atoms with Crippen LogP contribution in [0.2, 0.25) is 0 Å². The van der Waals surface area contributed by atoms with E-state index in [1.54, 1.807) is 41.5 Å². The molecule has 28 heteroatoms. The van der Waals surface area contributed by atoms with E-state index in [2.05, 4.69) is 58.5 Å². The zero-order valence-electron chi connectivity index (χ0n) is 51.1. The minimum absolute atomic E-state index is 0.0483. The normalized spacial score (nSPS) is 15.7. The van der Waals surface area contributed by atoms with Crippen LogP contribution in [0.5, 0.6) is 0 Å². The van der Waals surface area contributed by atoms with Gasteiger partial charge >= 0.3 is 5.97 Å². The number of carbonyl (C=O) groups is 12. The molecule has 20 N–H and O–H groups in total. The number of nitrogens with two attached hydrogens (primary N) is 4. The Kier molecular flexibility index (Phi) is 37.5. The molecule has 83 heavy (non-hydrogen) atoms. The van der Waals surface area contributed by atoms with E-state index >= 15 is 0 Å². The highest BCUT2D eigenvalue weighted by Crippen LogP contribution is 2.13. The van der Waals surface area contributed by atoms with Crippen LogP contribution in [-0.2, 0) is 57.5 Å². The van der Waals surface area contributed by atoms with Crippen molar-refractivity contribution in [1.29, 1.82) is 0 Å². The molecule has 0 saturated carbocycles. The van der Waals surface area contributed by atoms with Gasteiger partial charge in [-0.3, -0.25) is 52.7 Å². The van der Waals surface area contributed by atoms with Crippen molar-refractivity contribution >= 4 is 70.9 Å². The Morgan fingerprint density at radius 1 is 0.386 bits per heavy atom. The quantitative estimate of drug-likeness (QED) is 0.0284. The molecular weight excluding hydrogens is 1080 g/mol. The fraction of sp³-hybridized carbons (Fsp3) is 0.782. The van der Waals surface area contributed by atoms with Gasteiger partial charge in [-0.05, 0) is 142 Å². The number of hydrogen-bond donors (Lipinski definition) is 16.